The normalized spacial score (nSPS) is 13.1. The number of pyridine rings is 1. The number of anilines is 1. The summed E-state index contributed by atoms with van der Waals surface area (Å²) in [4.78, 5) is 125. The third-order valence-electron chi connectivity index (χ3n) is 11.9. The number of hydrogen-bond donors (Lipinski definition) is 7. The van der Waals surface area contributed by atoms with Gasteiger partial charge < -0.3 is 56.0 Å². The lowest BCUT2D eigenvalue weighted by Crippen LogP contribution is -2.55. The minimum absolute atomic E-state index is 0.108. The number of amides is 9. The van der Waals surface area contributed by atoms with Crippen LogP contribution in [0, 0.1) is 0 Å². The smallest absolute Gasteiger partial charge is 0.408 e. The Labute approximate surface area is 447 Å². The molecule has 23 nitrogen and oxygen atoms in total. The van der Waals surface area contributed by atoms with Crippen LogP contribution in [0.5, 0.6) is 0 Å². The zero-order chi connectivity index (χ0) is 56.3. The molecular weight excluding hydrogens is 995 g/mol. The van der Waals surface area contributed by atoms with Gasteiger partial charge >= 0.3 is 6.09 Å². The molecule has 0 unspecified atom stereocenters. The van der Waals surface area contributed by atoms with E-state index in [2.05, 4.69) is 37.2 Å². The molecule has 416 valence electrons. The molecule has 4 aromatic rings. The van der Waals surface area contributed by atoms with E-state index >= 15 is 0 Å². The van der Waals surface area contributed by atoms with E-state index in [1.54, 1.807) is 40.7 Å². The van der Waals surface area contributed by atoms with E-state index in [-0.39, 0.29) is 69.2 Å². The molecule has 0 saturated heterocycles. The quantitative estimate of drug-likeness (QED) is 0.0304. The number of nitrogens with zero attached hydrogens (tertiary/aromatic N) is 4. The first-order chi connectivity index (χ1) is 36.4. The maximum absolute atomic E-state index is 13.7. The van der Waals surface area contributed by atoms with Gasteiger partial charge in [0, 0.05) is 43.7 Å². The summed E-state index contributed by atoms with van der Waals surface area (Å²) in [6.45, 7) is 13.7. The van der Waals surface area contributed by atoms with Crippen molar-refractivity contribution in [1.82, 2.24) is 51.3 Å². The number of para-hydroxylation sites is 1. The summed E-state index contributed by atoms with van der Waals surface area (Å²) in [5, 5.41) is 19.2. The van der Waals surface area contributed by atoms with E-state index in [1.165, 1.54) is 12.2 Å². The van der Waals surface area contributed by atoms with Crippen LogP contribution in [0.3, 0.4) is 0 Å². The average Bonchev–Trinajstić information content (AvgIpc) is 3.96. The number of nitrogens with one attached hydrogen (secondary N) is 7. The van der Waals surface area contributed by atoms with Gasteiger partial charge in [0.15, 0.2) is 5.82 Å². The van der Waals surface area contributed by atoms with Gasteiger partial charge in [0.1, 0.15) is 41.7 Å². The highest BCUT2D eigenvalue weighted by atomic mass is 16.6. The zero-order valence-corrected chi connectivity index (χ0v) is 45.2. The summed E-state index contributed by atoms with van der Waals surface area (Å²) >= 11 is 0. The van der Waals surface area contributed by atoms with E-state index in [0.717, 1.165) is 15.8 Å². The number of imide groups is 1. The number of imidazole rings is 1. The first-order valence-corrected chi connectivity index (χ1v) is 25.7. The first kappa shape index (κ1) is 60.1. The Kier molecular flexibility index (Phi) is 21.7. The first-order valence-electron chi connectivity index (χ1n) is 25.7. The summed E-state index contributed by atoms with van der Waals surface area (Å²) in [7, 11) is 0. The van der Waals surface area contributed by atoms with Crippen molar-refractivity contribution in [2.24, 2.45) is 0 Å². The number of benzene rings is 2. The second-order valence-corrected chi connectivity index (χ2v) is 20.5. The maximum atomic E-state index is 13.7. The van der Waals surface area contributed by atoms with E-state index in [0.29, 0.717) is 54.7 Å². The molecule has 0 fully saturated rings. The molecule has 7 N–H and O–H groups in total. The molecule has 2 aromatic heterocycles. The van der Waals surface area contributed by atoms with Gasteiger partial charge in [-0.05, 0) is 92.7 Å². The summed E-state index contributed by atoms with van der Waals surface area (Å²) in [6.07, 6.45) is 4.11. The molecule has 0 spiro atoms. The number of ether oxygens (including phenoxy) is 3. The van der Waals surface area contributed by atoms with Crippen molar-refractivity contribution in [3.05, 3.63) is 78.1 Å². The Hall–Kier alpha value is -7.79. The molecule has 1 atom stereocenters. The Morgan fingerprint density at radius 2 is 1.40 bits per heavy atom. The highest BCUT2D eigenvalue weighted by molar-refractivity contribution is 6.13. The Bertz CT molecular complexity index is 2790. The number of aromatic nitrogens is 3. The minimum atomic E-state index is -1.22. The van der Waals surface area contributed by atoms with Crippen LogP contribution in [-0.4, -0.2) is 142 Å². The fourth-order valence-electron chi connectivity index (χ4n) is 8.08. The molecule has 1 aliphatic heterocycles. The van der Waals surface area contributed by atoms with Gasteiger partial charge in [0.2, 0.25) is 35.4 Å². The second-order valence-electron chi connectivity index (χ2n) is 20.5. The van der Waals surface area contributed by atoms with E-state index < -0.39 is 78.0 Å². The fraction of sp³-hybridized carbons (Fsp3) is 0.500. The fourth-order valence-corrected chi connectivity index (χ4v) is 8.08. The van der Waals surface area contributed by atoms with E-state index in [1.807, 2.05) is 73.9 Å². The predicted molar refractivity (Wildman–Crippen MR) is 286 cm³/mol. The van der Waals surface area contributed by atoms with Gasteiger partial charge in [-0.2, -0.15) is 0 Å². The molecule has 23 heteroatoms. The monoisotopic (exact) mass is 1070 g/mol. The van der Waals surface area contributed by atoms with Crippen LogP contribution in [0.1, 0.15) is 98.9 Å². The van der Waals surface area contributed by atoms with Gasteiger partial charge in [0.25, 0.3) is 11.8 Å². The number of carbonyl (C=O) groups is 9. The van der Waals surface area contributed by atoms with Gasteiger partial charge in [-0.15, -0.1) is 0 Å². The van der Waals surface area contributed by atoms with Crippen LogP contribution in [0.2, 0.25) is 0 Å². The Balaban J connectivity index is 1.20. The van der Waals surface area contributed by atoms with Crippen molar-refractivity contribution in [2.45, 2.75) is 130 Å². The molecule has 1 aliphatic rings. The predicted octanol–water partition coefficient (Wildman–Crippen LogP) is 3.23. The lowest BCUT2D eigenvalue weighted by molar-refractivity contribution is -0.137. The molecule has 5 rings (SSSR count). The number of fused-ring (bicyclic) bond motifs is 3. The highest BCUT2D eigenvalue weighted by Crippen LogP contribution is 2.32. The van der Waals surface area contributed by atoms with Crippen LogP contribution in [-0.2, 0) is 72.1 Å². The van der Waals surface area contributed by atoms with Gasteiger partial charge in [0.05, 0.1) is 42.9 Å². The van der Waals surface area contributed by atoms with Crippen LogP contribution in [0.4, 0.5) is 10.6 Å². The standard InChI is InChI=1S/C54H73N11O12/c1-9-75-33-39-61-46-47(65(39)34-53(5,6)76-29-27-55-50(73)54(7,8)63-40(66)22-14-11-17-28-64-44(70)25-26-45(64)71)36-20-15-16-21-37(36)60-48(46)62-43(69)32-57-49(72)38(24-23-35-18-12-10-13-19-35)59-42(68)31-56-41(67)30-58-51(74)77-52(2,3)4/h10,12-13,15-16,18-21,25-26,38H,9,11,14,17,22-24,27-34H2,1-8H3,(H,55,73)(H,56,67)(H,57,72)(H,58,74)(H,59,68)(H,63,66)(H,60,62,69)/t38-/m0/s1. The van der Waals surface area contributed by atoms with Crippen molar-refractivity contribution >= 4 is 81.1 Å². The molecule has 9 amide bonds. The third kappa shape index (κ3) is 19.1. The SMILES string of the molecule is CCOCc1nc2c(NC(=O)CNC(=O)[C@H](CCc3ccccc3)NC(=O)CNC(=O)CNC(=O)OC(C)(C)C)nc3ccccc3c2n1CC(C)(C)OCCNC(=O)C(C)(C)NC(=O)CCCCCN1C(=O)C=CC1=O. The van der Waals surface area contributed by atoms with Crippen LogP contribution in [0.25, 0.3) is 21.9 Å². The molecule has 0 saturated carbocycles. The third-order valence-corrected chi connectivity index (χ3v) is 11.9. The van der Waals surface area contributed by atoms with Crippen LogP contribution >= 0.6 is 0 Å². The lowest BCUT2D eigenvalue weighted by atomic mass is 10.0. The number of alkyl carbamates (subject to hydrolysis) is 1. The van der Waals surface area contributed by atoms with E-state index in [9.17, 15) is 43.2 Å². The Morgan fingerprint density at radius 1 is 0.727 bits per heavy atom. The summed E-state index contributed by atoms with van der Waals surface area (Å²) in [5.74, 6) is -3.35. The topological polar surface area (TPSA) is 299 Å². The molecule has 0 radical (unpaired) electrons. The summed E-state index contributed by atoms with van der Waals surface area (Å²) in [6, 6.07) is 15.6. The Morgan fingerprint density at radius 3 is 2.10 bits per heavy atom. The second kappa shape index (κ2) is 27.8. The molecule has 77 heavy (non-hydrogen) atoms. The molecule has 3 heterocycles. The lowest BCUT2D eigenvalue weighted by Gasteiger charge is -2.28. The highest BCUT2D eigenvalue weighted by Gasteiger charge is 2.31. The largest absolute Gasteiger partial charge is 0.444 e. The number of rotatable bonds is 29. The average molecular weight is 1070 g/mol. The van der Waals surface area contributed by atoms with Crippen molar-refractivity contribution in [2.75, 3.05) is 51.3 Å². The van der Waals surface area contributed by atoms with Crippen LogP contribution < -0.4 is 37.2 Å². The summed E-state index contributed by atoms with van der Waals surface area (Å²) in [5.41, 5.74) is -0.406. The minimum Gasteiger partial charge on any atom is -0.444 e. The number of carbonyl (C=O) groups excluding carboxylic acids is 9. The van der Waals surface area contributed by atoms with Crippen molar-refractivity contribution in [1.29, 1.82) is 0 Å². The van der Waals surface area contributed by atoms with Crippen molar-refractivity contribution in [3.8, 4) is 0 Å². The molecule has 0 bridgehead atoms. The number of unbranched alkanes of at least 4 members (excludes halogenated alkanes) is 2. The maximum Gasteiger partial charge on any atom is 0.408 e. The molecule has 2 aromatic carbocycles. The van der Waals surface area contributed by atoms with Crippen LogP contribution in [0.15, 0.2) is 66.7 Å². The van der Waals surface area contributed by atoms with Crippen molar-refractivity contribution < 1.29 is 57.4 Å². The number of hydrogen-bond acceptors (Lipinski definition) is 14. The molecular formula is C54H73N11O12. The number of aryl methyl sites for hydroxylation is 1. The van der Waals surface area contributed by atoms with E-state index in [4.69, 9.17) is 24.2 Å². The van der Waals surface area contributed by atoms with Gasteiger partial charge in [-0.3, -0.25) is 43.3 Å². The van der Waals surface area contributed by atoms with Crippen molar-refractivity contribution in [3.63, 3.8) is 0 Å². The zero-order valence-electron chi connectivity index (χ0n) is 45.2. The van der Waals surface area contributed by atoms with Gasteiger partial charge in [-0.25, -0.2) is 14.8 Å². The summed E-state index contributed by atoms with van der Waals surface area (Å²) < 4.78 is 19.3. The van der Waals surface area contributed by atoms with Gasteiger partial charge in [-0.1, -0.05) is 55.0 Å². The molecule has 0 aliphatic carbocycles.